The van der Waals surface area contributed by atoms with Gasteiger partial charge in [-0.2, -0.15) is 0 Å². The van der Waals surface area contributed by atoms with Gasteiger partial charge in [-0.1, -0.05) is 0 Å². The standard InChI is InChI=1S/C6H9N3O2/c1-9-4(5(10)11-2)3-8-6(9)7/h3H,1-2H3,(H2,7,8). The number of rotatable bonds is 1. The summed E-state index contributed by atoms with van der Waals surface area (Å²) in [7, 11) is 2.96. The molecule has 5 nitrogen and oxygen atoms in total. The summed E-state index contributed by atoms with van der Waals surface area (Å²) in [6.45, 7) is 0. The van der Waals surface area contributed by atoms with Crippen molar-refractivity contribution in [1.82, 2.24) is 9.55 Å². The Labute approximate surface area is 63.8 Å². The number of ether oxygens (including phenoxy) is 1. The van der Waals surface area contributed by atoms with Gasteiger partial charge in [0, 0.05) is 7.05 Å². The molecule has 0 radical (unpaired) electrons. The monoisotopic (exact) mass is 155 g/mol. The van der Waals surface area contributed by atoms with E-state index >= 15 is 0 Å². The van der Waals surface area contributed by atoms with Crippen molar-refractivity contribution < 1.29 is 9.53 Å². The van der Waals surface area contributed by atoms with Crippen LogP contribution < -0.4 is 5.73 Å². The fourth-order valence-electron chi connectivity index (χ4n) is 0.718. The summed E-state index contributed by atoms with van der Waals surface area (Å²) in [5.74, 6) is -0.137. The maximum absolute atomic E-state index is 10.9. The van der Waals surface area contributed by atoms with E-state index in [2.05, 4.69) is 9.72 Å². The first-order valence-corrected chi connectivity index (χ1v) is 3.02. The lowest BCUT2D eigenvalue weighted by Gasteiger charge is -1.99. The molecule has 0 saturated heterocycles. The van der Waals surface area contributed by atoms with Crippen LogP contribution in [0, 0.1) is 0 Å². The van der Waals surface area contributed by atoms with Crippen molar-refractivity contribution in [2.75, 3.05) is 12.8 Å². The van der Waals surface area contributed by atoms with Gasteiger partial charge in [0.05, 0.1) is 13.3 Å². The minimum absolute atomic E-state index is 0.297. The summed E-state index contributed by atoms with van der Waals surface area (Å²) in [6.07, 6.45) is 1.38. The molecule has 0 aromatic carbocycles. The second-order valence-corrected chi connectivity index (χ2v) is 2.05. The molecule has 1 aromatic rings. The molecule has 0 aliphatic rings. The van der Waals surface area contributed by atoms with Crippen LogP contribution in [0.1, 0.15) is 10.5 Å². The highest BCUT2D eigenvalue weighted by Crippen LogP contribution is 2.04. The molecule has 2 N–H and O–H groups in total. The van der Waals surface area contributed by atoms with Gasteiger partial charge in [0.15, 0.2) is 0 Å². The van der Waals surface area contributed by atoms with E-state index in [4.69, 9.17) is 5.73 Å². The SMILES string of the molecule is COC(=O)c1cnc(N)n1C. The third-order valence-electron chi connectivity index (χ3n) is 1.42. The molecule has 0 aliphatic heterocycles. The van der Waals surface area contributed by atoms with E-state index < -0.39 is 5.97 Å². The van der Waals surface area contributed by atoms with Gasteiger partial charge in [-0.15, -0.1) is 0 Å². The third kappa shape index (κ3) is 1.17. The summed E-state index contributed by atoms with van der Waals surface area (Å²) in [5.41, 5.74) is 5.73. The van der Waals surface area contributed by atoms with Crippen LogP contribution in [0.25, 0.3) is 0 Å². The largest absolute Gasteiger partial charge is 0.464 e. The van der Waals surface area contributed by atoms with E-state index in [-0.39, 0.29) is 0 Å². The first-order valence-electron chi connectivity index (χ1n) is 3.02. The highest BCUT2D eigenvalue weighted by molar-refractivity contribution is 5.87. The molecular weight excluding hydrogens is 146 g/mol. The number of hydrogen-bond acceptors (Lipinski definition) is 4. The van der Waals surface area contributed by atoms with Crippen LogP contribution >= 0.6 is 0 Å². The van der Waals surface area contributed by atoms with E-state index in [1.807, 2.05) is 0 Å². The Morgan fingerprint density at radius 2 is 2.45 bits per heavy atom. The number of nitrogens with two attached hydrogens (primary N) is 1. The fraction of sp³-hybridized carbons (Fsp3) is 0.333. The summed E-state index contributed by atoms with van der Waals surface area (Å²) >= 11 is 0. The van der Waals surface area contributed by atoms with Crippen molar-refractivity contribution in [2.24, 2.45) is 7.05 Å². The van der Waals surface area contributed by atoms with Gasteiger partial charge < -0.3 is 15.0 Å². The summed E-state index contributed by atoms with van der Waals surface area (Å²) < 4.78 is 5.94. The van der Waals surface area contributed by atoms with Gasteiger partial charge in [0.1, 0.15) is 5.69 Å². The number of nitrogen functional groups attached to an aromatic ring is 1. The predicted octanol–water partition coefficient (Wildman–Crippen LogP) is -0.211. The van der Waals surface area contributed by atoms with E-state index in [1.165, 1.54) is 17.9 Å². The van der Waals surface area contributed by atoms with Gasteiger partial charge in [-0.25, -0.2) is 9.78 Å². The smallest absolute Gasteiger partial charge is 0.356 e. The Balaban J connectivity index is 3.04. The molecular formula is C6H9N3O2. The zero-order valence-corrected chi connectivity index (χ0v) is 6.37. The Bertz CT molecular complexity index is 279. The average Bonchev–Trinajstić information content (AvgIpc) is 2.32. The molecule has 1 heterocycles. The molecule has 5 heteroatoms. The normalized spacial score (nSPS) is 9.64. The van der Waals surface area contributed by atoms with Crippen LogP contribution in [-0.4, -0.2) is 22.6 Å². The molecule has 0 spiro atoms. The Morgan fingerprint density at radius 3 is 2.82 bits per heavy atom. The van der Waals surface area contributed by atoms with Crippen LogP contribution in [0.2, 0.25) is 0 Å². The predicted molar refractivity (Wildman–Crippen MR) is 39.0 cm³/mol. The van der Waals surface area contributed by atoms with Crippen molar-refractivity contribution in [1.29, 1.82) is 0 Å². The number of methoxy groups -OCH3 is 1. The second kappa shape index (κ2) is 2.61. The zero-order chi connectivity index (χ0) is 8.43. The minimum Gasteiger partial charge on any atom is -0.464 e. The number of anilines is 1. The highest BCUT2D eigenvalue weighted by atomic mass is 16.5. The van der Waals surface area contributed by atoms with Crippen LogP contribution in [-0.2, 0) is 11.8 Å². The van der Waals surface area contributed by atoms with Crippen LogP contribution in [0.4, 0.5) is 5.95 Å². The minimum atomic E-state index is -0.434. The fourth-order valence-corrected chi connectivity index (χ4v) is 0.718. The van der Waals surface area contributed by atoms with E-state index in [1.54, 1.807) is 7.05 Å². The first kappa shape index (κ1) is 7.59. The van der Waals surface area contributed by atoms with Gasteiger partial charge in [-0.3, -0.25) is 0 Å². The summed E-state index contributed by atoms with van der Waals surface area (Å²) in [6, 6.07) is 0. The second-order valence-electron chi connectivity index (χ2n) is 2.05. The Morgan fingerprint density at radius 1 is 1.82 bits per heavy atom. The number of carbonyl (C=O) groups excluding carboxylic acids is 1. The van der Waals surface area contributed by atoms with Crippen LogP contribution in [0.5, 0.6) is 0 Å². The molecule has 1 aromatic heterocycles. The summed E-state index contributed by atoms with van der Waals surface area (Å²) in [5, 5.41) is 0. The molecule has 60 valence electrons. The maximum Gasteiger partial charge on any atom is 0.356 e. The number of imidazole rings is 1. The molecule has 0 amide bonds. The first-order chi connectivity index (χ1) is 5.16. The molecule has 0 atom stereocenters. The molecule has 0 fully saturated rings. The number of carbonyl (C=O) groups is 1. The zero-order valence-electron chi connectivity index (χ0n) is 6.37. The van der Waals surface area contributed by atoms with Gasteiger partial charge in [0.25, 0.3) is 0 Å². The van der Waals surface area contributed by atoms with Gasteiger partial charge >= 0.3 is 5.97 Å². The van der Waals surface area contributed by atoms with Crippen LogP contribution in [0.3, 0.4) is 0 Å². The van der Waals surface area contributed by atoms with Crippen molar-refractivity contribution in [3.63, 3.8) is 0 Å². The van der Waals surface area contributed by atoms with Crippen LogP contribution in [0.15, 0.2) is 6.20 Å². The van der Waals surface area contributed by atoms with Crippen molar-refractivity contribution in [3.05, 3.63) is 11.9 Å². The molecule has 11 heavy (non-hydrogen) atoms. The Kier molecular flexibility index (Phi) is 1.80. The maximum atomic E-state index is 10.9. The average molecular weight is 155 g/mol. The highest BCUT2D eigenvalue weighted by Gasteiger charge is 2.11. The quantitative estimate of drug-likeness (QED) is 0.569. The van der Waals surface area contributed by atoms with Gasteiger partial charge in [-0.05, 0) is 0 Å². The lowest BCUT2D eigenvalue weighted by Crippen LogP contribution is -2.08. The molecule has 0 unspecified atom stereocenters. The number of nitrogens with zero attached hydrogens (tertiary/aromatic N) is 2. The molecule has 0 bridgehead atoms. The lowest BCUT2D eigenvalue weighted by atomic mass is 10.5. The van der Waals surface area contributed by atoms with E-state index in [0.29, 0.717) is 11.6 Å². The number of aromatic nitrogens is 2. The van der Waals surface area contributed by atoms with Crippen molar-refractivity contribution in [3.8, 4) is 0 Å². The molecule has 1 rings (SSSR count). The van der Waals surface area contributed by atoms with Gasteiger partial charge in [0.2, 0.25) is 5.95 Å². The topological polar surface area (TPSA) is 70.1 Å². The van der Waals surface area contributed by atoms with Crippen molar-refractivity contribution in [2.45, 2.75) is 0 Å². The van der Waals surface area contributed by atoms with Crippen molar-refractivity contribution >= 4 is 11.9 Å². The Hall–Kier alpha value is -1.52. The molecule has 0 aliphatic carbocycles. The van der Waals surface area contributed by atoms with E-state index in [9.17, 15) is 4.79 Å². The molecule has 0 saturated carbocycles. The third-order valence-corrected chi connectivity index (χ3v) is 1.42. The number of hydrogen-bond donors (Lipinski definition) is 1. The van der Waals surface area contributed by atoms with E-state index in [0.717, 1.165) is 0 Å². The number of esters is 1. The summed E-state index contributed by atoms with van der Waals surface area (Å²) in [4.78, 5) is 14.6. The lowest BCUT2D eigenvalue weighted by molar-refractivity contribution is 0.0590.